The van der Waals surface area contributed by atoms with Crippen molar-refractivity contribution < 1.29 is 13.9 Å². The number of halogens is 2. The maximum atomic E-state index is 13.3. The molecule has 1 fully saturated rings. The van der Waals surface area contributed by atoms with Gasteiger partial charge >= 0.3 is 0 Å². The number of carbonyl (C=O) groups is 1. The molecule has 1 aromatic carbocycles. The number of hydrogen-bond acceptors (Lipinski definition) is 3. The number of ether oxygens (including phenoxy) is 1. The van der Waals surface area contributed by atoms with E-state index in [1.807, 2.05) is 0 Å². The molecule has 0 amide bonds. The molecule has 1 aliphatic rings. The van der Waals surface area contributed by atoms with Crippen LogP contribution in [0, 0.1) is 5.82 Å². The Labute approximate surface area is 107 Å². The Morgan fingerprint density at radius 1 is 1.59 bits per heavy atom. The molecule has 0 spiro atoms. The minimum Gasteiger partial charge on any atom is -0.378 e. The van der Waals surface area contributed by atoms with Gasteiger partial charge in [-0.15, -0.1) is 0 Å². The van der Waals surface area contributed by atoms with Crippen molar-refractivity contribution in [3.05, 3.63) is 34.1 Å². The highest BCUT2D eigenvalue weighted by Crippen LogP contribution is 2.21. The van der Waals surface area contributed by atoms with E-state index in [1.165, 1.54) is 6.07 Å². The number of rotatable bonds is 3. The molecule has 0 aromatic heterocycles. The summed E-state index contributed by atoms with van der Waals surface area (Å²) in [6.45, 7) is 1.71. The Morgan fingerprint density at radius 3 is 3.12 bits per heavy atom. The van der Waals surface area contributed by atoms with Gasteiger partial charge in [0.15, 0.2) is 5.78 Å². The van der Waals surface area contributed by atoms with E-state index in [2.05, 4.69) is 21.2 Å². The summed E-state index contributed by atoms with van der Waals surface area (Å²) in [5.41, 5.74) is 0.669. The summed E-state index contributed by atoms with van der Waals surface area (Å²) < 4.78 is 18.9. The lowest BCUT2D eigenvalue weighted by atomic mass is 10.0. The van der Waals surface area contributed by atoms with Gasteiger partial charge < -0.3 is 10.1 Å². The molecule has 1 heterocycles. The van der Waals surface area contributed by atoms with Gasteiger partial charge in [-0.05, 0) is 27.6 Å². The van der Waals surface area contributed by atoms with Gasteiger partial charge in [-0.3, -0.25) is 4.79 Å². The minimum absolute atomic E-state index is 0.0241. The second-order valence-corrected chi connectivity index (χ2v) is 4.73. The van der Waals surface area contributed by atoms with Crippen LogP contribution in [0.3, 0.4) is 0 Å². The fourth-order valence-corrected chi connectivity index (χ4v) is 2.17. The van der Waals surface area contributed by atoms with Crippen LogP contribution < -0.4 is 5.32 Å². The lowest BCUT2D eigenvalue weighted by Crippen LogP contribution is -2.47. The molecule has 17 heavy (non-hydrogen) atoms. The van der Waals surface area contributed by atoms with Crippen molar-refractivity contribution in [1.29, 1.82) is 0 Å². The largest absolute Gasteiger partial charge is 0.378 e. The van der Waals surface area contributed by atoms with E-state index in [-0.39, 0.29) is 24.1 Å². The zero-order valence-electron chi connectivity index (χ0n) is 9.21. The average molecular weight is 302 g/mol. The van der Waals surface area contributed by atoms with Crippen molar-refractivity contribution in [1.82, 2.24) is 5.32 Å². The first-order chi connectivity index (χ1) is 8.18. The molecule has 0 radical (unpaired) electrons. The van der Waals surface area contributed by atoms with Crippen LogP contribution in [0.5, 0.6) is 0 Å². The van der Waals surface area contributed by atoms with Crippen LogP contribution in [0.25, 0.3) is 0 Å². The number of benzene rings is 1. The monoisotopic (exact) mass is 301 g/mol. The molecule has 1 unspecified atom stereocenters. The van der Waals surface area contributed by atoms with Crippen molar-refractivity contribution in [2.45, 2.75) is 12.5 Å². The first-order valence-electron chi connectivity index (χ1n) is 5.45. The van der Waals surface area contributed by atoms with Gasteiger partial charge in [0.25, 0.3) is 0 Å². The van der Waals surface area contributed by atoms with Crippen LogP contribution >= 0.6 is 15.9 Å². The second-order valence-electron chi connectivity index (χ2n) is 3.94. The fraction of sp³-hybridized carbons (Fsp3) is 0.417. The van der Waals surface area contributed by atoms with E-state index in [0.29, 0.717) is 29.8 Å². The summed E-state index contributed by atoms with van der Waals surface area (Å²) in [4.78, 5) is 11.9. The smallest absolute Gasteiger partial charge is 0.156 e. The molecule has 1 aromatic rings. The molecule has 2 rings (SSSR count). The summed E-state index contributed by atoms with van der Waals surface area (Å²) in [7, 11) is 0. The number of carbonyl (C=O) groups excluding carboxylic acids is 1. The lowest BCUT2D eigenvalue weighted by Gasteiger charge is -2.22. The van der Waals surface area contributed by atoms with Gasteiger partial charge in [0, 0.05) is 13.0 Å². The SMILES string of the molecule is O=C(Cc1cccc(F)c1Br)C1COCCN1. The predicted molar refractivity (Wildman–Crippen MR) is 65.4 cm³/mol. The number of Topliss-reactive ketones (excluding diaryl/α,β-unsaturated/α-hetero) is 1. The Balaban J connectivity index is 2.04. The number of ketones is 1. The van der Waals surface area contributed by atoms with Crippen molar-refractivity contribution in [3.8, 4) is 0 Å². The molecule has 1 N–H and O–H groups in total. The van der Waals surface area contributed by atoms with Gasteiger partial charge in [-0.25, -0.2) is 4.39 Å². The van der Waals surface area contributed by atoms with Crippen LogP contribution in [-0.4, -0.2) is 31.6 Å². The van der Waals surface area contributed by atoms with Gasteiger partial charge in [0.1, 0.15) is 5.82 Å². The van der Waals surface area contributed by atoms with E-state index in [1.54, 1.807) is 12.1 Å². The van der Waals surface area contributed by atoms with Gasteiger partial charge in [0.2, 0.25) is 0 Å². The van der Waals surface area contributed by atoms with Crippen LogP contribution in [0.1, 0.15) is 5.56 Å². The Bertz CT molecular complexity index is 419. The topological polar surface area (TPSA) is 38.3 Å². The van der Waals surface area contributed by atoms with E-state index in [9.17, 15) is 9.18 Å². The first-order valence-corrected chi connectivity index (χ1v) is 6.24. The van der Waals surface area contributed by atoms with Crippen molar-refractivity contribution in [3.63, 3.8) is 0 Å². The average Bonchev–Trinajstić information content (AvgIpc) is 2.36. The highest BCUT2D eigenvalue weighted by molar-refractivity contribution is 9.10. The van der Waals surface area contributed by atoms with E-state index in [4.69, 9.17) is 4.74 Å². The van der Waals surface area contributed by atoms with Gasteiger partial charge in [-0.2, -0.15) is 0 Å². The van der Waals surface area contributed by atoms with E-state index in [0.717, 1.165) is 0 Å². The standard InChI is InChI=1S/C12H13BrFNO2/c13-12-8(2-1-3-9(12)14)6-11(16)10-7-17-5-4-15-10/h1-3,10,15H,4-7H2. The Kier molecular flexibility index (Phi) is 4.25. The molecule has 92 valence electrons. The van der Waals surface area contributed by atoms with Crippen LogP contribution in [0.15, 0.2) is 22.7 Å². The molecule has 3 nitrogen and oxygen atoms in total. The molecule has 0 saturated carbocycles. The predicted octanol–water partition coefficient (Wildman–Crippen LogP) is 1.69. The first kappa shape index (κ1) is 12.7. The molecule has 0 aliphatic carbocycles. The number of nitrogens with one attached hydrogen (secondary N) is 1. The number of morpholine rings is 1. The molecular formula is C12H13BrFNO2. The molecule has 1 atom stereocenters. The summed E-state index contributed by atoms with van der Waals surface area (Å²) >= 11 is 3.15. The summed E-state index contributed by atoms with van der Waals surface area (Å²) in [6.07, 6.45) is 0.208. The molecule has 5 heteroatoms. The molecule has 0 bridgehead atoms. The number of hydrogen-bond donors (Lipinski definition) is 1. The Morgan fingerprint density at radius 2 is 2.41 bits per heavy atom. The molecular weight excluding hydrogens is 289 g/mol. The van der Waals surface area contributed by atoms with Crippen LogP contribution in [0.4, 0.5) is 4.39 Å². The third-order valence-corrected chi connectivity index (χ3v) is 3.59. The zero-order valence-corrected chi connectivity index (χ0v) is 10.8. The van der Waals surface area contributed by atoms with Gasteiger partial charge in [0.05, 0.1) is 23.7 Å². The fourth-order valence-electron chi connectivity index (χ4n) is 1.77. The zero-order chi connectivity index (χ0) is 12.3. The van der Waals surface area contributed by atoms with Crippen molar-refractivity contribution in [2.24, 2.45) is 0 Å². The van der Waals surface area contributed by atoms with E-state index >= 15 is 0 Å². The summed E-state index contributed by atoms with van der Waals surface area (Å²) in [5.74, 6) is -0.320. The van der Waals surface area contributed by atoms with Crippen molar-refractivity contribution in [2.75, 3.05) is 19.8 Å². The lowest BCUT2D eigenvalue weighted by molar-refractivity contribution is -0.123. The summed E-state index contributed by atoms with van der Waals surface area (Å²) in [6, 6.07) is 4.43. The van der Waals surface area contributed by atoms with Crippen LogP contribution in [-0.2, 0) is 16.0 Å². The third-order valence-electron chi connectivity index (χ3n) is 2.71. The van der Waals surface area contributed by atoms with Crippen LogP contribution in [0.2, 0.25) is 0 Å². The highest BCUT2D eigenvalue weighted by Gasteiger charge is 2.22. The normalized spacial score (nSPS) is 20.2. The van der Waals surface area contributed by atoms with Gasteiger partial charge in [-0.1, -0.05) is 12.1 Å². The maximum absolute atomic E-state index is 13.3. The highest BCUT2D eigenvalue weighted by atomic mass is 79.9. The Hall–Kier alpha value is -0.780. The minimum atomic E-state index is -0.344. The quantitative estimate of drug-likeness (QED) is 0.923. The molecule has 1 aliphatic heterocycles. The second kappa shape index (κ2) is 5.71. The van der Waals surface area contributed by atoms with Crippen molar-refractivity contribution >= 4 is 21.7 Å². The molecule has 1 saturated heterocycles. The summed E-state index contributed by atoms with van der Waals surface area (Å²) in [5, 5.41) is 3.09. The maximum Gasteiger partial charge on any atom is 0.156 e. The third kappa shape index (κ3) is 3.12. The van der Waals surface area contributed by atoms with E-state index < -0.39 is 0 Å².